The quantitative estimate of drug-likeness (QED) is 0.159. The average molecular weight is 715 g/mol. The number of hydrogen-bond acceptors (Lipinski definition) is 0. The summed E-state index contributed by atoms with van der Waals surface area (Å²) in [5, 5.41) is 9.42. The van der Waals surface area contributed by atoms with Gasteiger partial charge >= 0.3 is 0 Å². The van der Waals surface area contributed by atoms with Crippen LogP contribution in [0.1, 0.15) is 11.0 Å². The first-order valence-corrected chi connectivity index (χ1v) is 18.8. The van der Waals surface area contributed by atoms with Crippen molar-refractivity contribution in [3.8, 4) is 44.5 Å². The Kier molecular flexibility index (Phi) is 5.23. The third kappa shape index (κ3) is 4.79. The van der Waals surface area contributed by atoms with E-state index < -0.39 is 0 Å². The van der Waals surface area contributed by atoms with E-state index in [2.05, 4.69) is 84.9 Å². The molecular weight excluding hydrogens is 673 g/mol. The van der Waals surface area contributed by atoms with Crippen molar-refractivity contribution in [2.45, 2.75) is 0 Å². The first kappa shape index (κ1) is 24.2. The summed E-state index contributed by atoms with van der Waals surface area (Å²) < 4.78 is 75.3. The fraction of sp³-hybridized carbons (Fsp3) is 0. The topological polar surface area (TPSA) is 0 Å². The minimum Gasteiger partial charge on any atom is -0.0616 e. The summed E-state index contributed by atoms with van der Waals surface area (Å²) in [5.74, 6) is 0. The van der Waals surface area contributed by atoms with Gasteiger partial charge in [-0.15, -0.1) is 0 Å². The van der Waals surface area contributed by atoms with Gasteiger partial charge in [-0.2, -0.15) is 0 Å². The van der Waals surface area contributed by atoms with Crippen LogP contribution in [0, 0.1) is 0 Å². The van der Waals surface area contributed by atoms with Gasteiger partial charge in [-0.25, -0.2) is 0 Å². The van der Waals surface area contributed by atoms with Gasteiger partial charge in [0.1, 0.15) is 0 Å². The van der Waals surface area contributed by atoms with E-state index in [4.69, 9.17) is 0 Å². The maximum atomic E-state index is 9.49. The highest BCUT2D eigenvalue weighted by atomic mass is 14.2. The molecule has 12 aromatic rings. The van der Waals surface area contributed by atoms with Gasteiger partial charge in [0, 0.05) is 0 Å². The van der Waals surface area contributed by atoms with Gasteiger partial charge in [0.15, 0.2) is 0 Å². The molecule has 56 heavy (non-hydrogen) atoms. The van der Waals surface area contributed by atoms with E-state index in [-0.39, 0.29) is 81.0 Å². The van der Waals surface area contributed by atoms with E-state index in [0.717, 1.165) is 65.3 Å². The summed E-state index contributed by atoms with van der Waals surface area (Å²) in [5.41, 5.74) is 6.08. The van der Waals surface area contributed by atoms with E-state index in [0.29, 0.717) is 21.9 Å². The molecule has 0 heterocycles. The van der Waals surface area contributed by atoms with Gasteiger partial charge in [-0.1, -0.05) is 182 Å². The van der Waals surface area contributed by atoms with Gasteiger partial charge in [0.25, 0.3) is 0 Å². The van der Waals surface area contributed by atoms with Crippen molar-refractivity contribution >= 4 is 75.4 Å². The lowest BCUT2D eigenvalue weighted by atomic mass is 9.86. The molecule has 0 aliphatic rings. The zero-order valence-corrected chi connectivity index (χ0v) is 30.0. The summed E-state index contributed by atoms with van der Waals surface area (Å²) in [6.07, 6.45) is 0. The Morgan fingerprint density at radius 2 is 0.589 bits per heavy atom. The number of hydrogen-bond donors (Lipinski definition) is 0. The zero-order valence-electron chi connectivity index (χ0n) is 38.0. The van der Waals surface area contributed by atoms with Crippen LogP contribution in [-0.4, -0.2) is 0 Å². The van der Waals surface area contributed by atoms with Gasteiger partial charge in [-0.05, 0) is 144 Å². The summed E-state index contributed by atoms with van der Waals surface area (Å²) in [4.78, 5) is 0. The molecule has 0 atom stereocenters. The maximum Gasteiger partial charge on any atom is 0.0630 e. The summed E-state index contributed by atoms with van der Waals surface area (Å²) >= 11 is 0. The second-order valence-corrected chi connectivity index (χ2v) is 14.6. The Morgan fingerprint density at radius 1 is 0.232 bits per heavy atom. The highest BCUT2D eigenvalue weighted by Gasteiger charge is 2.16. The van der Waals surface area contributed by atoms with E-state index in [1.807, 2.05) is 72.8 Å². The number of benzene rings is 12. The third-order valence-corrected chi connectivity index (χ3v) is 11.5. The van der Waals surface area contributed by atoms with Crippen molar-refractivity contribution in [3.63, 3.8) is 0 Å². The van der Waals surface area contributed by atoms with Crippen molar-refractivity contribution in [2.75, 3.05) is 0 Å². The Bertz CT molecular complexity index is 3730. The lowest BCUT2D eigenvalue weighted by Gasteiger charge is -2.17. The monoisotopic (exact) mass is 714 g/mol. The fourth-order valence-corrected chi connectivity index (χ4v) is 8.71. The Morgan fingerprint density at radius 3 is 1.02 bits per heavy atom. The molecule has 0 aliphatic carbocycles. The lowest BCUT2D eigenvalue weighted by Crippen LogP contribution is -1.90. The van der Waals surface area contributed by atoms with Crippen LogP contribution in [0.2, 0.25) is 0 Å². The zero-order chi connectivity index (χ0) is 43.7. The highest BCUT2D eigenvalue weighted by Crippen LogP contribution is 2.43. The van der Waals surface area contributed by atoms with Crippen LogP contribution >= 0.6 is 0 Å². The van der Waals surface area contributed by atoms with Gasteiger partial charge in [0.05, 0.1) is 11.0 Å². The molecule has 258 valence electrons. The minimum absolute atomic E-state index is 0.0304. The number of fused-ring (bicyclic) bond motifs is 4. The first-order valence-electron chi connectivity index (χ1n) is 22.8. The summed E-state index contributed by atoms with van der Waals surface area (Å²) in [7, 11) is 0. The van der Waals surface area contributed by atoms with E-state index in [1.165, 1.54) is 0 Å². The predicted molar refractivity (Wildman–Crippen MR) is 242 cm³/mol. The fourth-order valence-electron chi connectivity index (χ4n) is 8.71. The van der Waals surface area contributed by atoms with Crippen LogP contribution in [0.25, 0.3) is 120 Å². The standard InChI is InChI=1S/C56H34/c1-3-11-47-35(7-1)9-5-13-49(47)43-19-15-41-33-45(21-17-39(41)31-43)51-27-23-37-26-30-54-52(28-24-38-25-29-53(51)55(37)56(38)54)46-22-18-40-32-44(20-16-42(40)34-46)50-14-6-10-36-8-2-4-12-48(36)50/h1-34H/i23D,24D,25D,26D,27D,28D,29D,30D. The lowest BCUT2D eigenvalue weighted by molar-refractivity contribution is 1.66. The Balaban J connectivity index is 1.07. The van der Waals surface area contributed by atoms with Crippen molar-refractivity contribution < 1.29 is 11.0 Å². The van der Waals surface area contributed by atoms with Crippen molar-refractivity contribution in [2.24, 2.45) is 0 Å². The molecule has 0 radical (unpaired) electrons. The highest BCUT2D eigenvalue weighted by molar-refractivity contribution is 6.27. The second kappa shape index (κ2) is 12.1. The molecular formula is C56H34. The molecule has 0 fully saturated rings. The normalized spacial score (nSPS) is 13.9. The Hall–Kier alpha value is -7.28. The third-order valence-electron chi connectivity index (χ3n) is 11.5. The van der Waals surface area contributed by atoms with Crippen molar-refractivity contribution in [3.05, 3.63) is 206 Å². The van der Waals surface area contributed by atoms with Crippen LogP contribution in [-0.2, 0) is 0 Å². The smallest absolute Gasteiger partial charge is 0.0616 e. The molecule has 0 bridgehead atoms. The van der Waals surface area contributed by atoms with Crippen molar-refractivity contribution in [1.82, 2.24) is 0 Å². The molecule has 0 nitrogen and oxygen atoms in total. The molecule has 0 saturated carbocycles. The first-order chi connectivity index (χ1) is 31.1. The van der Waals surface area contributed by atoms with Gasteiger partial charge in [-0.3, -0.25) is 0 Å². The van der Waals surface area contributed by atoms with Crippen LogP contribution in [0.4, 0.5) is 0 Å². The van der Waals surface area contributed by atoms with Gasteiger partial charge < -0.3 is 0 Å². The largest absolute Gasteiger partial charge is 0.0630 e. The maximum absolute atomic E-state index is 9.49. The Labute approximate surface area is 336 Å². The van der Waals surface area contributed by atoms with E-state index in [9.17, 15) is 11.0 Å². The summed E-state index contributed by atoms with van der Waals surface area (Å²) in [6, 6.07) is 51.2. The van der Waals surface area contributed by atoms with Crippen LogP contribution in [0.5, 0.6) is 0 Å². The van der Waals surface area contributed by atoms with Crippen molar-refractivity contribution in [1.29, 1.82) is 0 Å². The molecule has 0 unspecified atom stereocenters. The average Bonchev–Trinajstić information content (AvgIpc) is 3.32. The molecule has 0 amide bonds. The van der Waals surface area contributed by atoms with Crippen LogP contribution in [0.3, 0.4) is 0 Å². The molecule has 0 saturated heterocycles. The SMILES string of the molecule is [2H]c1c([2H])c2c([2H])c([2H])c3c(-c4ccc5cc(-c6cccc7ccccc67)ccc5c4)c([2H])c([2H])c4c([2H])c([2H])c(c1-c1ccc5cc(-c6cccc7ccccc67)ccc5c1)c2c43. The molecule has 12 rings (SSSR count). The molecule has 0 spiro atoms. The van der Waals surface area contributed by atoms with Crippen LogP contribution in [0.15, 0.2) is 206 Å². The number of rotatable bonds is 4. The van der Waals surface area contributed by atoms with Crippen LogP contribution < -0.4 is 0 Å². The second-order valence-electron chi connectivity index (χ2n) is 14.6. The van der Waals surface area contributed by atoms with Gasteiger partial charge in [0.2, 0.25) is 0 Å². The minimum atomic E-state index is -0.292. The van der Waals surface area contributed by atoms with E-state index in [1.54, 1.807) is 0 Å². The molecule has 12 aromatic carbocycles. The predicted octanol–water partition coefficient (Wildman–Crippen LogP) is 15.9. The molecule has 0 aromatic heterocycles. The molecule has 0 N–H and O–H groups in total. The summed E-state index contributed by atoms with van der Waals surface area (Å²) in [6.45, 7) is 0. The van der Waals surface area contributed by atoms with E-state index >= 15 is 0 Å². The molecule has 0 aliphatic heterocycles. The molecule has 0 heteroatoms.